The summed E-state index contributed by atoms with van der Waals surface area (Å²) >= 11 is 6.52. The Hall–Kier alpha value is -0.250. The molecular weight excluding hydrogens is 182 g/mol. The number of nitrogens with zero attached hydrogens (tertiary/aromatic N) is 1. The maximum atomic E-state index is 5.59. The minimum atomic E-state index is 0.516. The molecule has 0 saturated heterocycles. The number of hydrogen-bond donors (Lipinski definition) is 0. The molecule has 1 heterocycles. The van der Waals surface area contributed by atoms with Gasteiger partial charge in [-0.3, -0.25) is 0 Å². The van der Waals surface area contributed by atoms with Crippen molar-refractivity contribution in [1.29, 1.82) is 0 Å². The Morgan fingerprint density at radius 3 is 3.00 bits per heavy atom. The zero-order valence-electron chi connectivity index (χ0n) is 6.12. The third-order valence-electron chi connectivity index (χ3n) is 1.15. The van der Waals surface area contributed by atoms with Crippen LogP contribution in [0.5, 0.6) is 0 Å². The number of rotatable bonds is 3. The molecule has 4 heteroatoms. The van der Waals surface area contributed by atoms with Crippen molar-refractivity contribution >= 4 is 23.6 Å². The lowest BCUT2D eigenvalue weighted by atomic mass is 10.3. The highest BCUT2D eigenvalue weighted by Gasteiger charge is 1.95. The molecular formula is C7H9ClNOS+. The van der Waals surface area contributed by atoms with E-state index in [0.29, 0.717) is 11.8 Å². The Bertz CT molecular complexity index is 214. The predicted octanol–water partition coefficient (Wildman–Crippen LogP) is 1.61. The molecule has 0 bridgehead atoms. The van der Waals surface area contributed by atoms with Crippen LogP contribution >= 0.6 is 11.6 Å². The van der Waals surface area contributed by atoms with Gasteiger partial charge in [-0.2, -0.15) is 4.18 Å². The second-order valence-corrected chi connectivity index (χ2v) is 2.96. The van der Waals surface area contributed by atoms with Crippen molar-refractivity contribution in [2.45, 2.75) is 6.61 Å². The fourth-order valence-corrected chi connectivity index (χ4v) is 1.02. The molecule has 60 valence electrons. The summed E-state index contributed by atoms with van der Waals surface area (Å²) in [5, 5.41) is 0.516. The molecule has 1 aromatic rings. The van der Waals surface area contributed by atoms with Crippen molar-refractivity contribution in [3.63, 3.8) is 0 Å². The molecule has 0 fully saturated rings. The lowest BCUT2D eigenvalue weighted by Crippen LogP contribution is -1.90. The van der Waals surface area contributed by atoms with Gasteiger partial charge in [0.05, 0.1) is 0 Å². The second-order valence-electron chi connectivity index (χ2n) is 1.95. The summed E-state index contributed by atoms with van der Waals surface area (Å²) in [5.74, 6) is 0. The summed E-state index contributed by atoms with van der Waals surface area (Å²) in [6.45, 7) is 0.599. The maximum absolute atomic E-state index is 5.59. The topological polar surface area (TPSA) is 22.1 Å². The molecule has 0 spiro atoms. The number of halogens is 1. The molecule has 0 aliphatic rings. The zero-order valence-corrected chi connectivity index (χ0v) is 7.77. The van der Waals surface area contributed by atoms with Crippen LogP contribution in [0, 0.1) is 0 Å². The molecule has 11 heavy (non-hydrogen) atoms. The van der Waals surface area contributed by atoms with E-state index in [2.05, 4.69) is 4.98 Å². The zero-order chi connectivity index (χ0) is 8.10. The Morgan fingerprint density at radius 2 is 2.45 bits per heavy atom. The van der Waals surface area contributed by atoms with E-state index in [-0.39, 0.29) is 0 Å². The Labute approximate surface area is 75.1 Å². The van der Waals surface area contributed by atoms with E-state index in [1.807, 2.05) is 12.3 Å². The number of thiol groups is 1. The van der Waals surface area contributed by atoms with Gasteiger partial charge in [-0.05, 0) is 6.07 Å². The van der Waals surface area contributed by atoms with Crippen molar-refractivity contribution in [2.24, 2.45) is 0 Å². The van der Waals surface area contributed by atoms with Gasteiger partial charge in [-0.1, -0.05) is 17.7 Å². The van der Waals surface area contributed by atoms with E-state index in [0.717, 1.165) is 17.6 Å². The molecule has 0 aromatic carbocycles. The van der Waals surface area contributed by atoms with E-state index in [9.17, 15) is 0 Å². The summed E-state index contributed by atoms with van der Waals surface area (Å²) in [6.07, 6.45) is 3.65. The van der Waals surface area contributed by atoms with E-state index < -0.39 is 0 Å². The molecule has 0 saturated carbocycles. The van der Waals surface area contributed by atoms with E-state index in [1.165, 1.54) is 0 Å². The number of pyridine rings is 1. The van der Waals surface area contributed by atoms with Gasteiger partial charge < -0.3 is 0 Å². The van der Waals surface area contributed by atoms with Crippen LogP contribution in [0.4, 0.5) is 0 Å². The first-order valence-corrected chi connectivity index (χ1v) is 4.78. The van der Waals surface area contributed by atoms with Crippen molar-refractivity contribution in [1.82, 2.24) is 4.98 Å². The van der Waals surface area contributed by atoms with E-state index in [4.69, 9.17) is 15.8 Å². The number of aromatic nitrogens is 1. The minimum Gasteiger partial charge on any atom is -0.244 e. The molecule has 0 aliphatic carbocycles. The monoisotopic (exact) mass is 190 g/mol. The van der Waals surface area contributed by atoms with Crippen molar-refractivity contribution in [2.75, 3.05) is 6.26 Å². The van der Waals surface area contributed by atoms with Crippen LogP contribution in [0.2, 0.25) is 5.15 Å². The standard InChI is InChI=1S/C7H8ClNOS/c1-11-10-5-6-2-3-7(8)9-4-6/h2-4H,5H2,1H3/p+1. The number of hydrogen-bond acceptors (Lipinski definition) is 2. The van der Waals surface area contributed by atoms with Gasteiger partial charge >= 0.3 is 0 Å². The Balaban J connectivity index is 2.52. The highest BCUT2D eigenvalue weighted by atomic mass is 35.5. The van der Waals surface area contributed by atoms with Crippen molar-refractivity contribution < 1.29 is 4.18 Å². The molecule has 2 nitrogen and oxygen atoms in total. The van der Waals surface area contributed by atoms with Crippen molar-refractivity contribution in [3.8, 4) is 0 Å². The third kappa shape index (κ3) is 3.10. The summed E-state index contributed by atoms with van der Waals surface area (Å²) < 4.78 is 5.15. The smallest absolute Gasteiger partial charge is 0.130 e. The normalized spacial score (nSPS) is 10.0. The van der Waals surface area contributed by atoms with Crippen LogP contribution in [0.3, 0.4) is 0 Å². The lowest BCUT2D eigenvalue weighted by Gasteiger charge is -1.94. The molecule has 1 rings (SSSR count). The van der Waals surface area contributed by atoms with Crippen molar-refractivity contribution in [3.05, 3.63) is 29.0 Å². The van der Waals surface area contributed by atoms with Crippen LogP contribution in [0.15, 0.2) is 18.3 Å². The second kappa shape index (κ2) is 4.59. The fourth-order valence-electron chi connectivity index (χ4n) is 0.631. The van der Waals surface area contributed by atoms with Gasteiger partial charge in [0.15, 0.2) is 0 Å². The third-order valence-corrected chi connectivity index (χ3v) is 1.76. The first-order chi connectivity index (χ1) is 5.33. The van der Waals surface area contributed by atoms with Gasteiger partial charge in [0.25, 0.3) is 0 Å². The SMILES string of the molecule is C[SH+]OCc1ccc(Cl)nc1. The Morgan fingerprint density at radius 1 is 1.64 bits per heavy atom. The largest absolute Gasteiger partial charge is 0.244 e. The van der Waals surface area contributed by atoms with Crippen LogP contribution in [0.25, 0.3) is 0 Å². The molecule has 0 aliphatic heterocycles. The molecule has 0 atom stereocenters. The average molecular weight is 191 g/mol. The van der Waals surface area contributed by atoms with Gasteiger partial charge in [0.2, 0.25) is 0 Å². The molecule has 1 aromatic heterocycles. The molecule has 0 N–H and O–H groups in total. The minimum absolute atomic E-state index is 0.516. The van der Waals surface area contributed by atoms with E-state index in [1.54, 1.807) is 12.3 Å². The highest BCUT2D eigenvalue weighted by molar-refractivity contribution is 7.72. The van der Waals surface area contributed by atoms with Crippen LogP contribution in [-0.4, -0.2) is 11.2 Å². The van der Waals surface area contributed by atoms with Gasteiger partial charge in [-0.15, -0.1) is 0 Å². The summed E-state index contributed by atoms with van der Waals surface area (Å²) in [5.41, 5.74) is 1.05. The Kier molecular flexibility index (Phi) is 3.69. The molecule has 0 amide bonds. The first kappa shape index (κ1) is 8.84. The van der Waals surface area contributed by atoms with Gasteiger partial charge in [0.1, 0.15) is 30.1 Å². The van der Waals surface area contributed by atoms with Gasteiger partial charge in [0, 0.05) is 11.8 Å². The fraction of sp³-hybridized carbons (Fsp3) is 0.286. The first-order valence-electron chi connectivity index (χ1n) is 3.14. The summed E-state index contributed by atoms with van der Waals surface area (Å²) in [7, 11) is 0. The summed E-state index contributed by atoms with van der Waals surface area (Å²) in [4.78, 5) is 3.91. The average Bonchev–Trinajstić information content (AvgIpc) is 2.04. The quantitative estimate of drug-likeness (QED) is 0.411. The highest BCUT2D eigenvalue weighted by Crippen LogP contribution is 2.05. The maximum Gasteiger partial charge on any atom is 0.130 e. The molecule has 0 radical (unpaired) electrons. The van der Waals surface area contributed by atoms with Crippen LogP contribution < -0.4 is 0 Å². The lowest BCUT2D eigenvalue weighted by molar-refractivity contribution is 0.362. The predicted molar refractivity (Wildman–Crippen MR) is 48.7 cm³/mol. The van der Waals surface area contributed by atoms with E-state index >= 15 is 0 Å². The summed E-state index contributed by atoms with van der Waals surface area (Å²) in [6, 6.07) is 3.66. The van der Waals surface area contributed by atoms with Crippen LogP contribution in [-0.2, 0) is 22.8 Å². The molecule has 0 unspecified atom stereocenters. The van der Waals surface area contributed by atoms with Crippen LogP contribution in [0.1, 0.15) is 5.56 Å². The van der Waals surface area contributed by atoms with Gasteiger partial charge in [-0.25, -0.2) is 4.98 Å².